The highest BCUT2D eigenvalue weighted by Gasteiger charge is 2.02. The Morgan fingerprint density at radius 2 is 2.20 bits per heavy atom. The lowest BCUT2D eigenvalue weighted by molar-refractivity contribution is -0.131. The Morgan fingerprint density at radius 1 is 1.45 bits per heavy atom. The van der Waals surface area contributed by atoms with Crippen LogP contribution in [0, 0.1) is 0 Å². The fourth-order valence-electron chi connectivity index (χ4n) is 1.45. The van der Waals surface area contributed by atoms with Crippen LogP contribution in [-0.4, -0.2) is 30.6 Å². The van der Waals surface area contributed by atoms with Gasteiger partial charge in [-0.05, 0) is 36.3 Å². The lowest BCUT2D eigenvalue weighted by atomic mass is 10.2. The molecule has 0 saturated heterocycles. The van der Waals surface area contributed by atoms with Crippen molar-refractivity contribution in [3.8, 4) is 5.75 Å². The number of hydrogen-bond acceptors (Lipinski definition) is 3. The monoisotopic (exact) mass is 341 g/mol. The number of aliphatic carboxylic acids is 1. The molecule has 1 rings (SSSR count). The highest BCUT2D eigenvalue weighted by molar-refractivity contribution is 9.10. The highest BCUT2D eigenvalue weighted by Crippen LogP contribution is 2.24. The Balaban J connectivity index is 2.57. The maximum Gasteiger partial charge on any atom is 0.328 e. The van der Waals surface area contributed by atoms with Crippen molar-refractivity contribution in [2.45, 2.75) is 12.8 Å². The van der Waals surface area contributed by atoms with Crippen LogP contribution >= 0.6 is 15.9 Å². The number of amides is 1. The molecule has 0 unspecified atom stereocenters. The van der Waals surface area contributed by atoms with Gasteiger partial charge in [0.25, 0.3) is 0 Å². The van der Waals surface area contributed by atoms with E-state index in [0.717, 1.165) is 16.1 Å². The summed E-state index contributed by atoms with van der Waals surface area (Å²) in [5.74, 6) is -0.390. The molecule has 0 saturated carbocycles. The number of carboxylic acids is 1. The van der Waals surface area contributed by atoms with Crippen LogP contribution in [0.15, 0.2) is 28.7 Å². The molecule has 0 fully saturated rings. The molecule has 5 nitrogen and oxygen atoms in total. The van der Waals surface area contributed by atoms with E-state index < -0.39 is 5.97 Å². The normalized spacial score (nSPS) is 10.5. The van der Waals surface area contributed by atoms with Gasteiger partial charge in [-0.2, -0.15) is 0 Å². The van der Waals surface area contributed by atoms with E-state index in [-0.39, 0.29) is 5.91 Å². The second-order valence-corrected chi connectivity index (χ2v) is 4.83. The molecule has 1 amide bonds. The van der Waals surface area contributed by atoms with Gasteiger partial charge in [0.05, 0.1) is 6.61 Å². The molecule has 0 aliphatic carbocycles. The van der Waals surface area contributed by atoms with Gasteiger partial charge in [-0.1, -0.05) is 15.9 Å². The molecule has 108 valence electrons. The quantitative estimate of drug-likeness (QED) is 0.590. The first-order chi connectivity index (χ1) is 9.52. The average Bonchev–Trinajstić information content (AvgIpc) is 2.43. The van der Waals surface area contributed by atoms with Gasteiger partial charge in [0.15, 0.2) is 0 Å². The van der Waals surface area contributed by atoms with Gasteiger partial charge in [0, 0.05) is 24.0 Å². The van der Waals surface area contributed by atoms with Crippen LogP contribution in [0.1, 0.15) is 18.4 Å². The number of rotatable bonds is 7. The number of ether oxygens (including phenoxy) is 1. The number of halogens is 1. The van der Waals surface area contributed by atoms with Crippen molar-refractivity contribution >= 4 is 33.9 Å². The summed E-state index contributed by atoms with van der Waals surface area (Å²) < 4.78 is 6.31. The van der Waals surface area contributed by atoms with Gasteiger partial charge < -0.3 is 15.2 Å². The number of nitrogens with one attached hydrogen (secondary N) is 1. The molecule has 0 aromatic heterocycles. The molecule has 0 bridgehead atoms. The van der Waals surface area contributed by atoms with Gasteiger partial charge in [-0.15, -0.1) is 0 Å². The van der Waals surface area contributed by atoms with Crippen molar-refractivity contribution in [1.82, 2.24) is 5.32 Å². The predicted molar refractivity (Wildman–Crippen MR) is 79.6 cm³/mol. The van der Waals surface area contributed by atoms with Gasteiger partial charge in [-0.25, -0.2) is 4.79 Å². The predicted octanol–water partition coefficient (Wildman–Crippen LogP) is 2.45. The molecule has 6 heteroatoms. The SMILES string of the molecule is CNC(=O)CCCOc1ccc(Br)c(/C=C/C(=O)O)c1. The van der Waals surface area contributed by atoms with Crippen molar-refractivity contribution in [3.05, 3.63) is 34.3 Å². The van der Waals surface area contributed by atoms with Crippen LogP contribution in [0.25, 0.3) is 6.08 Å². The van der Waals surface area contributed by atoms with Crippen LogP contribution in [0.3, 0.4) is 0 Å². The van der Waals surface area contributed by atoms with Crippen LogP contribution in [0.4, 0.5) is 0 Å². The average molecular weight is 342 g/mol. The maximum absolute atomic E-state index is 11.0. The molecule has 0 heterocycles. The zero-order valence-electron chi connectivity index (χ0n) is 11.1. The van der Waals surface area contributed by atoms with E-state index in [9.17, 15) is 9.59 Å². The van der Waals surface area contributed by atoms with E-state index in [4.69, 9.17) is 9.84 Å². The molecule has 1 aromatic rings. The molecule has 0 atom stereocenters. The lowest BCUT2D eigenvalue weighted by Crippen LogP contribution is -2.18. The zero-order valence-corrected chi connectivity index (χ0v) is 12.6. The fraction of sp³-hybridized carbons (Fsp3) is 0.286. The molecule has 20 heavy (non-hydrogen) atoms. The zero-order chi connectivity index (χ0) is 15.0. The largest absolute Gasteiger partial charge is 0.494 e. The van der Waals surface area contributed by atoms with E-state index in [2.05, 4.69) is 21.2 Å². The van der Waals surface area contributed by atoms with E-state index >= 15 is 0 Å². The summed E-state index contributed by atoms with van der Waals surface area (Å²) in [5.41, 5.74) is 0.719. The highest BCUT2D eigenvalue weighted by atomic mass is 79.9. The summed E-state index contributed by atoms with van der Waals surface area (Å²) in [6, 6.07) is 5.31. The Hall–Kier alpha value is -1.82. The molecule has 0 aliphatic rings. The summed E-state index contributed by atoms with van der Waals surface area (Å²) in [6.07, 6.45) is 3.59. The number of carbonyl (C=O) groups is 2. The van der Waals surface area contributed by atoms with Crippen molar-refractivity contribution in [2.75, 3.05) is 13.7 Å². The first kappa shape index (κ1) is 16.2. The molecular formula is C14H16BrNO4. The summed E-state index contributed by atoms with van der Waals surface area (Å²) in [6.45, 7) is 0.428. The van der Waals surface area contributed by atoms with Crippen LogP contribution < -0.4 is 10.1 Å². The van der Waals surface area contributed by atoms with E-state index in [1.165, 1.54) is 6.08 Å². The van der Waals surface area contributed by atoms with Gasteiger partial charge in [0.2, 0.25) is 5.91 Å². The van der Waals surface area contributed by atoms with Crippen LogP contribution in [0.5, 0.6) is 5.75 Å². The summed E-state index contributed by atoms with van der Waals surface area (Å²) in [5, 5.41) is 11.2. The van der Waals surface area contributed by atoms with E-state index in [1.54, 1.807) is 25.2 Å². The maximum atomic E-state index is 11.0. The molecule has 0 spiro atoms. The molecule has 0 aliphatic heterocycles. The Kier molecular flexibility index (Phi) is 6.79. The summed E-state index contributed by atoms with van der Waals surface area (Å²) in [4.78, 5) is 21.5. The van der Waals surface area contributed by atoms with Gasteiger partial charge >= 0.3 is 5.97 Å². The van der Waals surface area contributed by atoms with Crippen molar-refractivity contribution in [3.63, 3.8) is 0 Å². The van der Waals surface area contributed by atoms with Crippen LogP contribution in [-0.2, 0) is 9.59 Å². The number of carboxylic acid groups (broad SMARTS) is 1. The number of hydrogen-bond donors (Lipinski definition) is 2. The first-order valence-corrected chi connectivity index (χ1v) is 6.86. The first-order valence-electron chi connectivity index (χ1n) is 6.07. The Labute approximate surface area is 125 Å². The minimum Gasteiger partial charge on any atom is -0.494 e. The van der Waals surface area contributed by atoms with E-state index in [0.29, 0.717) is 25.2 Å². The van der Waals surface area contributed by atoms with Gasteiger partial charge in [0.1, 0.15) is 5.75 Å². The third kappa shape index (κ3) is 5.88. The molecule has 2 N–H and O–H groups in total. The van der Waals surface area contributed by atoms with Gasteiger partial charge in [-0.3, -0.25) is 4.79 Å². The number of carbonyl (C=O) groups excluding carboxylic acids is 1. The smallest absolute Gasteiger partial charge is 0.328 e. The van der Waals surface area contributed by atoms with Crippen LogP contribution in [0.2, 0.25) is 0 Å². The topological polar surface area (TPSA) is 75.6 Å². The Bertz CT molecular complexity index is 514. The minimum absolute atomic E-state index is 0.0190. The third-order valence-corrected chi connectivity index (χ3v) is 3.19. The lowest BCUT2D eigenvalue weighted by Gasteiger charge is -2.07. The second-order valence-electron chi connectivity index (χ2n) is 3.98. The minimum atomic E-state index is -1.01. The third-order valence-electron chi connectivity index (χ3n) is 2.47. The molecular weight excluding hydrogens is 326 g/mol. The van der Waals surface area contributed by atoms with E-state index in [1.807, 2.05) is 0 Å². The van der Waals surface area contributed by atoms with Crippen molar-refractivity contribution in [2.24, 2.45) is 0 Å². The summed E-state index contributed by atoms with van der Waals surface area (Å²) in [7, 11) is 1.60. The molecule has 1 aromatic carbocycles. The number of benzene rings is 1. The standard InChI is InChI=1S/C14H16BrNO4/c1-16-13(17)3-2-8-20-11-5-6-12(15)10(9-11)4-7-14(18)19/h4-7,9H,2-3,8H2,1H3,(H,16,17)(H,18,19)/b7-4+. The summed E-state index contributed by atoms with van der Waals surface area (Å²) >= 11 is 3.34. The Morgan fingerprint density at radius 3 is 2.85 bits per heavy atom. The fourth-order valence-corrected chi connectivity index (χ4v) is 1.83. The van der Waals surface area contributed by atoms with Crippen molar-refractivity contribution < 1.29 is 19.4 Å². The second kappa shape index (κ2) is 8.37. The van der Waals surface area contributed by atoms with Crippen molar-refractivity contribution in [1.29, 1.82) is 0 Å². The molecule has 0 radical (unpaired) electrons.